The molecule has 19 heavy (non-hydrogen) atoms. The third-order valence-electron chi connectivity index (χ3n) is 2.91. The Morgan fingerprint density at radius 2 is 2.11 bits per heavy atom. The number of nitrogens with one attached hydrogen (secondary N) is 2. The third-order valence-corrected chi connectivity index (χ3v) is 2.91. The molecule has 1 atom stereocenters. The molecule has 2 N–H and O–H groups in total. The van der Waals surface area contributed by atoms with E-state index in [-0.39, 0.29) is 5.91 Å². The predicted molar refractivity (Wildman–Crippen MR) is 73.0 cm³/mol. The Balaban J connectivity index is 1.86. The second-order valence-electron chi connectivity index (χ2n) is 4.40. The summed E-state index contributed by atoms with van der Waals surface area (Å²) in [7, 11) is 0. The summed E-state index contributed by atoms with van der Waals surface area (Å²) in [6.07, 6.45) is -0.504. The van der Waals surface area contributed by atoms with Crippen molar-refractivity contribution in [2.75, 3.05) is 31.7 Å². The van der Waals surface area contributed by atoms with Gasteiger partial charge in [-0.05, 0) is 24.2 Å². The summed E-state index contributed by atoms with van der Waals surface area (Å²) in [4.78, 5) is 11.9. The van der Waals surface area contributed by atoms with Crippen LogP contribution in [0.25, 0.3) is 0 Å². The lowest BCUT2D eigenvalue weighted by Crippen LogP contribution is -2.39. The first-order chi connectivity index (χ1) is 9.29. The lowest BCUT2D eigenvalue weighted by atomic mass is 10.2. The lowest BCUT2D eigenvalue weighted by molar-refractivity contribution is -0.142. The average Bonchev–Trinajstić information content (AvgIpc) is 2.47. The second kappa shape index (κ2) is 7.23. The van der Waals surface area contributed by atoms with E-state index in [2.05, 4.69) is 17.6 Å². The summed E-state index contributed by atoms with van der Waals surface area (Å²) in [6, 6.07) is 7.79. The van der Waals surface area contributed by atoms with Crippen molar-refractivity contribution in [2.24, 2.45) is 0 Å². The molecule has 1 saturated heterocycles. The van der Waals surface area contributed by atoms with Crippen LogP contribution in [0.15, 0.2) is 24.3 Å². The average molecular weight is 264 g/mol. The Morgan fingerprint density at radius 3 is 2.74 bits per heavy atom. The molecule has 0 radical (unpaired) electrons. The smallest absolute Gasteiger partial charge is 0.255 e. The quantitative estimate of drug-likeness (QED) is 0.837. The molecule has 1 aromatic rings. The molecular weight excluding hydrogens is 244 g/mol. The molecular formula is C14H20N2O3. The fourth-order valence-corrected chi connectivity index (χ4v) is 1.84. The zero-order valence-corrected chi connectivity index (χ0v) is 11.1. The van der Waals surface area contributed by atoms with Crippen LogP contribution < -0.4 is 10.6 Å². The Hall–Kier alpha value is -1.43. The van der Waals surface area contributed by atoms with Crippen LogP contribution in [-0.4, -0.2) is 38.4 Å². The number of rotatable bonds is 5. The second-order valence-corrected chi connectivity index (χ2v) is 4.40. The Labute approximate surface area is 113 Å². The van der Waals surface area contributed by atoms with Gasteiger partial charge in [-0.3, -0.25) is 4.79 Å². The Kier molecular flexibility index (Phi) is 5.32. The molecule has 1 unspecified atom stereocenters. The van der Waals surface area contributed by atoms with Crippen molar-refractivity contribution in [3.05, 3.63) is 29.8 Å². The molecule has 2 rings (SSSR count). The van der Waals surface area contributed by atoms with E-state index in [1.54, 1.807) is 0 Å². The molecule has 1 fully saturated rings. The molecule has 0 aromatic heterocycles. The van der Waals surface area contributed by atoms with Gasteiger partial charge < -0.3 is 20.1 Å². The van der Waals surface area contributed by atoms with Gasteiger partial charge in [0.2, 0.25) is 0 Å². The van der Waals surface area contributed by atoms with Gasteiger partial charge in [-0.25, -0.2) is 0 Å². The molecule has 0 aliphatic carbocycles. The standard InChI is InChI=1S/C14H20N2O3/c1-2-15-9-11-3-5-12(6-4-11)16-14(17)13-10-18-7-8-19-13/h3-6,13,15H,2,7-10H2,1H3,(H,16,17). The highest BCUT2D eigenvalue weighted by Crippen LogP contribution is 2.11. The first-order valence-corrected chi connectivity index (χ1v) is 6.59. The van der Waals surface area contributed by atoms with Crippen LogP contribution in [0.2, 0.25) is 0 Å². The molecule has 1 aliphatic heterocycles. The Morgan fingerprint density at radius 1 is 1.32 bits per heavy atom. The van der Waals surface area contributed by atoms with Crippen LogP contribution in [0.4, 0.5) is 5.69 Å². The summed E-state index contributed by atoms with van der Waals surface area (Å²) in [5, 5.41) is 6.08. The molecule has 0 spiro atoms. The van der Waals surface area contributed by atoms with Crippen molar-refractivity contribution in [3.8, 4) is 0 Å². The first kappa shape index (κ1) is 14.0. The number of amides is 1. The molecule has 5 heteroatoms. The van der Waals surface area contributed by atoms with E-state index in [0.717, 1.165) is 18.8 Å². The van der Waals surface area contributed by atoms with Crippen LogP contribution in [-0.2, 0) is 20.8 Å². The van der Waals surface area contributed by atoms with Crippen molar-refractivity contribution >= 4 is 11.6 Å². The zero-order valence-electron chi connectivity index (χ0n) is 11.1. The highest BCUT2D eigenvalue weighted by molar-refractivity contribution is 5.94. The summed E-state index contributed by atoms with van der Waals surface area (Å²) in [6.45, 7) is 5.20. The molecule has 1 aromatic carbocycles. The van der Waals surface area contributed by atoms with E-state index in [0.29, 0.717) is 19.8 Å². The van der Waals surface area contributed by atoms with Gasteiger partial charge >= 0.3 is 0 Å². The summed E-state index contributed by atoms with van der Waals surface area (Å²) in [5.74, 6) is -0.154. The predicted octanol–water partition coefficient (Wildman–Crippen LogP) is 1.15. The number of carbonyl (C=O) groups is 1. The van der Waals surface area contributed by atoms with Crippen molar-refractivity contribution < 1.29 is 14.3 Å². The van der Waals surface area contributed by atoms with Crippen molar-refractivity contribution in [1.29, 1.82) is 0 Å². The molecule has 1 amide bonds. The molecule has 5 nitrogen and oxygen atoms in total. The van der Waals surface area contributed by atoms with Crippen molar-refractivity contribution in [1.82, 2.24) is 5.32 Å². The third kappa shape index (κ3) is 4.31. The van der Waals surface area contributed by atoms with Crippen molar-refractivity contribution in [2.45, 2.75) is 19.6 Å². The van der Waals surface area contributed by atoms with E-state index in [4.69, 9.17) is 9.47 Å². The van der Waals surface area contributed by atoms with Crippen molar-refractivity contribution in [3.63, 3.8) is 0 Å². The van der Waals surface area contributed by atoms with E-state index < -0.39 is 6.10 Å². The molecule has 0 bridgehead atoms. The fourth-order valence-electron chi connectivity index (χ4n) is 1.84. The fraction of sp³-hybridized carbons (Fsp3) is 0.500. The number of anilines is 1. The van der Waals surface area contributed by atoms with E-state index >= 15 is 0 Å². The largest absolute Gasteiger partial charge is 0.376 e. The minimum atomic E-state index is -0.504. The summed E-state index contributed by atoms with van der Waals surface area (Å²) >= 11 is 0. The molecule has 1 aliphatic rings. The van der Waals surface area contributed by atoms with Crippen LogP contribution in [0, 0.1) is 0 Å². The van der Waals surface area contributed by atoms with Crippen LogP contribution in [0.1, 0.15) is 12.5 Å². The summed E-state index contributed by atoms with van der Waals surface area (Å²) in [5.41, 5.74) is 1.97. The van der Waals surface area contributed by atoms with Gasteiger partial charge in [0.05, 0.1) is 19.8 Å². The van der Waals surface area contributed by atoms with Crippen LogP contribution in [0.5, 0.6) is 0 Å². The number of ether oxygens (including phenoxy) is 2. The normalized spacial score (nSPS) is 19.1. The van der Waals surface area contributed by atoms with Gasteiger partial charge in [-0.2, -0.15) is 0 Å². The number of benzene rings is 1. The maximum absolute atomic E-state index is 11.9. The summed E-state index contributed by atoms with van der Waals surface area (Å²) < 4.78 is 10.6. The van der Waals surface area contributed by atoms with Gasteiger partial charge in [0.15, 0.2) is 6.10 Å². The number of hydrogen-bond donors (Lipinski definition) is 2. The molecule has 1 heterocycles. The van der Waals surface area contributed by atoms with E-state index in [9.17, 15) is 4.79 Å². The highest BCUT2D eigenvalue weighted by Gasteiger charge is 2.22. The van der Waals surface area contributed by atoms with Crippen LogP contribution in [0.3, 0.4) is 0 Å². The minimum Gasteiger partial charge on any atom is -0.376 e. The Bertz CT molecular complexity index is 400. The minimum absolute atomic E-state index is 0.154. The number of carbonyl (C=O) groups excluding carboxylic acids is 1. The van der Waals surface area contributed by atoms with Gasteiger partial charge in [0.25, 0.3) is 5.91 Å². The van der Waals surface area contributed by atoms with Crippen LogP contribution >= 0.6 is 0 Å². The topological polar surface area (TPSA) is 59.6 Å². The van der Waals surface area contributed by atoms with E-state index in [1.165, 1.54) is 5.56 Å². The monoisotopic (exact) mass is 264 g/mol. The maximum Gasteiger partial charge on any atom is 0.255 e. The molecule has 104 valence electrons. The lowest BCUT2D eigenvalue weighted by Gasteiger charge is -2.22. The van der Waals surface area contributed by atoms with E-state index in [1.807, 2.05) is 24.3 Å². The van der Waals surface area contributed by atoms with Gasteiger partial charge in [-0.1, -0.05) is 19.1 Å². The SMILES string of the molecule is CCNCc1ccc(NC(=O)C2COCCO2)cc1. The number of hydrogen-bond acceptors (Lipinski definition) is 4. The highest BCUT2D eigenvalue weighted by atomic mass is 16.6. The zero-order chi connectivity index (χ0) is 13.5. The first-order valence-electron chi connectivity index (χ1n) is 6.59. The maximum atomic E-state index is 11.9. The van der Waals surface area contributed by atoms with Gasteiger partial charge in [0, 0.05) is 12.2 Å². The van der Waals surface area contributed by atoms with Gasteiger partial charge in [-0.15, -0.1) is 0 Å². The van der Waals surface area contributed by atoms with Gasteiger partial charge in [0.1, 0.15) is 0 Å². The molecule has 0 saturated carbocycles.